The van der Waals surface area contributed by atoms with Crippen LogP contribution in [0.15, 0.2) is 0 Å². The number of ketones is 1. The Balaban J connectivity index is 3.31. The third-order valence-corrected chi connectivity index (χ3v) is 1.38. The number of hydrogen-bond donors (Lipinski definition) is 4. The maximum absolute atomic E-state index is 10.6. The molecule has 0 radical (unpaired) electrons. The van der Waals surface area contributed by atoms with Crippen LogP contribution in [0.4, 0.5) is 0 Å². The predicted molar refractivity (Wildman–Crippen MR) is 46.4 cm³/mol. The lowest BCUT2D eigenvalue weighted by molar-refractivity contribution is -0.149. The predicted octanol–water partition coefficient (Wildman–Crippen LogP) is -0.707. The van der Waals surface area contributed by atoms with Gasteiger partial charge in [-0.15, -0.1) is 0 Å². The van der Waals surface area contributed by atoms with E-state index < -0.39 is 11.8 Å². The number of rotatable bonds is 6. The van der Waals surface area contributed by atoms with Crippen molar-refractivity contribution in [2.75, 3.05) is 6.54 Å². The number of aliphatic carboxylic acids is 1. The number of unbranched alkanes of at least 4 members (excludes halogenated alkanes) is 1. The number of nitrogens with one attached hydrogen (secondary N) is 2. The third-order valence-electron chi connectivity index (χ3n) is 1.38. The first kappa shape index (κ1) is 11.4. The van der Waals surface area contributed by atoms with Gasteiger partial charge in [-0.1, -0.05) is 0 Å². The Morgan fingerprint density at radius 1 is 1.38 bits per heavy atom. The molecule has 0 atom stereocenters. The zero-order valence-electron chi connectivity index (χ0n) is 7.17. The number of carbonyl (C=O) groups excluding carboxylic acids is 1. The second-order valence-electron chi connectivity index (χ2n) is 2.53. The van der Waals surface area contributed by atoms with E-state index in [0.29, 0.717) is 19.4 Å². The minimum absolute atomic E-state index is 0.0366. The Bertz CT molecular complexity index is 215. The molecule has 0 rings (SSSR count). The van der Waals surface area contributed by atoms with Crippen molar-refractivity contribution in [1.29, 1.82) is 5.41 Å². The summed E-state index contributed by atoms with van der Waals surface area (Å²) in [5, 5.41) is 17.5. The molecular weight excluding hydrogens is 174 g/mol. The lowest BCUT2D eigenvalue weighted by atomic mass is 10.2. The first-order chi connectivity index (χ1) is 6.04. The van der Waals surface area contributed by atoms with E-state index in [0.717, 1.165) is 0 Å². The molecule has 13 heavy (non-hydrogen) atoms. The largest absolute Gasteiger partial charge is 0.476 e. The van der Waals surface area contributed by atoms with Gasteiger partial charge in [-0.05, 0) is 12.8 Å². The third kappa shape index (κ3) is 6.79. The highest BCUT2D eigenvalue weighted by Gasteiger charge is 2.09. The van der Waals surface area contributed by atoms with Crippen molar-refractivity contribution in [3.05, 3.63) is 0 Å². The van der Waals surface area contributed by atoms with Crippen LogP contribution in [0, 0.1) is 5.41 Å². The zero-order valence-corrected chi connectivity index (χ0v) is 7.17. The summed E-state index contributed by atoms with van der Waals surface area (Å²) in [6.07, 6.45) is 1.15. The molecule has 0 aliphatic heterocycles. The van der Waals surface area contributed by atoms with Crippen molar-refractivity contribution >= 4 is 17.7 Å². The van der Waals surface area contributed by atoms with Crippen LogP contribution in [0.1, 0.15) is 19.3 Å². The van der Waals surface area contributed by atoms with Gasteiger partial charge in [-0.3, -0.25) is 10.2 Å². The van der Waals surface area contributed by atoms with E-state index in [4.69, 9.17) is 16.2 Å². The van der Waals surface area contributed by atoms with Crippen LogP contribution in [-0.2, 0) is 9.59 Å². The van der Waals surface area contributed by atoms with Gasteiger partial charge >= 0.3 is 5.97 Å². The van der Waals surface area contributed by atoms with Gasteiger partial charge in [0.2, 0.25) is 5.78 Å². The minimum Gasteiger partial charge on any atom is -0.476 e. The van der Waals surface area contributed by atoms with Crippen LogP contribution in [-0.4, -0.2) is 29.4 Å². The van der Waals surface area contributed by atoms with Gasteiger partial charge in [0.15, 0.2) is 5.96 Å². The number of Topliss-reactive ketones (excluding diaryl/α,β-unsaturated/α-hetero) is 1. The van der Waals surface area contributed by atoms with Crippen LogP contribution in [0.5, 0.6) is 0 Å². The number of guanidine groups is 1. The van der Waals surface area contributed by atoms with Crippen LogP contribution in [0.25, 0.3) is 0 Å². The SMILES string of the molecule is N=C(N)NCCCCC(=O)C(=O)O. The van der Waals surface area contributed by atoms with Gasteiger partial charge in [0.25, 0.3) is 0 Å². The Labute approximate surface area is 75.6 Å². The molecule has 0 aromatic heterocycles. The normalized spacial score (nSPS) is 9.23. The van der Waals surface area contributed by atoms with Gasteiger partial charge in [0.05, 0.1) is 0 Å². The number of carboxylic acid groups (broad SMARTS) is 1. The average molecular weight is 187 g/mol. The van der Waals surface area contributed by atoms with E-state index in [9.17, 15) is 9.59 Å². The Kier molecular flexibility index (Phi) is 5.25. The molecule has 0 saturated heterocycles. The molecule has 0 aromatic rings. The highest BCUT2D eigenvalue weighted by Crippen LogP contribution is 1.95. The molecule has 0 unspecified atom stereocenters. The van der Waals surface area contributed by atoms with Crippen LogP contribution < -0.4 is 11.1 Å². The molecular formula is C7H13N3O3. The second-order valence-corrected chi connectivity index (χ2v) is 2.53. The summed E-state index contributed by atoms with van der Waals surface area (Å²) in [5.74, 6) is -2.29. The topological polar surface area (TPSA) is 116 Å². The lowest BCUT2D eigenvalue weighted by Crippen LogP contribution is -2.30. The summed E-state index contributed by atoms with van der Waals surface area (Å²) < 4.78 is 0. The van der Waals surface area contributed by atoms with Crippen LogP contribution >= 0.6 is 0 Å². The van der Waals surface area contributed by atoms with Crippen molar-refractivity contribution in [1.82, 2.24) is 5.32 Å². The molecule has 0 spiro atoms. The molecule has 0 bridgehead atoms. The van der Waals surface area contributed by atoms with Gasteiger partial charge in [-0.25, -0.2) is 4.79 Å². The fourth-order valence-corrected chi connectivity index (χ4v) is 0.741. The minimum atomic E-state index is -1.39. The molecule has 5 N–H and O–H groups in total. The lowest BCUT2D eigenvalue weighted by Gasteiger charge is -2.01. The molecule has 0 heterocycles. The second kappa shape index (κ2) is 5.99. The average Bonchev–Trinajstić information content (AvgIpc) is 2.02. The summed E-state index contributed by atoms with van der Waals surface area (Å²) in [5.41, 5.74) is 4.99. The summed E-state index contributed by atoms with van der Waals surface area (Å²) in [7, 11) is 0. The molecule has 0 amide bonds. The Morgan fingerprint density at radius 3 is 2.46 bits per heavy atom. The maximum atomic E-state index is 10.6. The van der Waals surface area contributed by atoms with Gasteiger partial charge in [-0.2, -0.15) is 0 Å². The zero-order chi connectivity index (χ0) is 10.3. The maximum Gasteiger partial charge on any atom is 0.372 e. The molecule has 6 heteroatoms. The smallest absolute Gasteiger partial charge is 0.372 e. The van der Waals surface area contributed by atoms with Crippen molar-refractivity contribution in [3.8, 4) is 0 Å². The number of nitrogens with two attached hydrogens (primary N) is 1. The molecule has 0 aromatic carbocycles. The first-order valence-corrected chi connectivity index (χ1v) is 3.88. The standard InChI is InChI=1S/C7H13N3O3/c8-7(9)10-4-2-1-3-5(11)6(12)13/h1-4H2,(H,12,13)(H4,8,9,10). The van der Waals surface area contributed by atoms with Gasteiger partial charge in [0.1, 0.15) is 0 Å². The van der Waals surface area contributed by atoms with E-state index in [2.05, 4.69) is 5.32 Å². The first-order valence-electron chi connectivity index (χ1n) is 3.88. The van der Waals surface area contributed by atoms with Crippen LogP contribution in [0.2, 0.25) is 0 Å². The number of carbonyl (C=O) groups is 2. The molecule has 74 valence electrons. The Hall–Kier alpha value is -1.59. The summed E-state index contributed by atoms with van der Waals surface area (Å²) >= 11 is 0. The molecule has 0 aliphatic rings. The summed E-state index contributed by atoms with van der Waals surface area (Å²) in [6, 6.07) is 0. The van der Waals surface area contributed by atoms with E-state index in [-0.39, 0.29) is 12.4 Å². The van der Waals surface area contributed by atoms with Crippen molar-refractivity contribution in [2.24, 2.45) is 5.73 Å². The fraction of sp³-hybridized carbons (Fsp3) is 0.571. The summed E-state index contributed by atoms with van der Waals surface area (Å²) in [6.45, 7) is 0.488. The monoisotopic (exact) mass is 187 g/mol. The highest BCUT2D eigenvalue weighted by atomic mass is 16.4. The van der Waals surface area contributed by atoms with E-state index in [1.807, 2.05) is 0 Å². The molecule has 0 aliphatic carbocycles. The quantitative estimate of drug-likeness (QED) is 0.190. The van der Waals surface area contributed by atoms with E-state index in [1.54, 1.807) is 0 Å². The Morgan fingerprint density at radius 2 is 2.00 bits per heavy atom. The van der Waals surface area contributed by atoms with Crippen LogP contribution in [0.3, 0.4) is 0 Å². The van der Waals surface area contributed by atoms with Gasteiger partial charge in [0, 0.05) is 13.0 Å². The number of carboxylic acids is 1. The highest BCUT2D eigenvalue weighted by molar-refractivity contribution is 6.32. The molecule has 6 nitrogen and oxygen atoms in total. The van der Waals surface area contributed by atoms with Crippen molar-refractivity contribution in [2.45, 2.75) is 19.3 Å². The summed E-state index contributed by atoms with van der Waals surface area (Å²) in [4.78, 5) is 20.6. The number of hydrogen-bond acceptors (Lipinski definition) is 3. The van der Waals surface area contributed by atoms with Gasteiger partial charge < -0.3 is 16.2 Å². The van der Waals surface area contributed by atoms with Crippen molar-refractivity contribution < 1.29 is 14.7 Å². The fourth-order valence-electron chi connectivity index (χ4n) is 0.741. The molecule has 0 saturated carbocycles. The van der Waals surface area contributed by atoms with E-state index >= 15 is 0 Å². The van der Waals surface area contributed by atoms with Crippen molar-refractivity contribution in [3.63, 3.8) is 0 Å². The molecule has 0 fully saturated rings. The van der Waals surface area contributed by atoms with E-state index in [1.165, 1.54) is 0 Å².